The number of aliphatic hydroxyl groups excluding tert-OH is 1. The number of benzene rings is 4. The van der Waals surface area contributed by atoms with Gasteiger partial charge in [-0.3, -0.25) is 81.5 Å². The fraction of sp³-hybridized carbons (Fsp3) is 0.474. The molecule has 25 N–H and O–H groups in total. The summed E-state index contributed by atoms with van der Waals surface area (Å²) in [6.07, 6.45) is -5.55. The monoisotopic (exact) mass is 1680 g/mol. The van der Waals surface area contributed by atoms with E-state index in [1.54, 1.807) is 91.1 Å². The number of aliphatic hydroxyl groups is 1. The second kappa shape index (κ2) is 43.9. The number of carbonyl (C=O) groups excluding carboxylic acids is 16. The van der Waals surface area contributed by atoms with Crippen LogP contribution in [0.4, 0.5) is 0 Å². The highest BCUT2D eigenvalue weighted by Crippen LogP contribution is 2.47. The molecule has 640 valence electrons. The predicted octanol–water partition coefficient (Wildman–Crippen LogP) is -2.56. The summed E-state index contributed by atoms with van der Waals surface area (Å²) in [5.74, 6) is -18.0. The van der Waals surface area contributed by atoms with E-state index in [1.165, 1.54) is 41.7 Å². The molecular formula is C78H106N18O20S2. The van der Waals surface area contributed by atoms with Gasteiger partial charge < -0.3 is 112 Å². The fourth-order valence-electron chi connectivity index (χ4n) is 12.7. The minimum absolute atomic E-state index is 0.0865. The van der Waals surface area contributed by atoms with Crippen molar-refractivity contribution in [1.29, 1.82) is 0 Å². The Labute approximate surface area is 687 Å². The number of aliphatic carboxylic acids is 1. The molecule has 5 aromatic rings. The third-order valence-electron chi connectivity index (χ3n) is 19.3. The summed E-state index contributed by atoms with van der Waals surface area (Å²) < 4.78 is 2.18. The summed E-state index contributed by atoms with van der Waals surface area (Å²) in [5, 5.41) is 53.7. The Bertz CT molecular complexity index is 4520. The lowest BCUT2D eigenvalue weighted by Crippen LogP contribution is -2.65. The molecule has 12 atom stereocenters. The van der Waals surface area contributed by atoms with Gasteiger partial charge in [0.15, 0.2) is 0 Å². The molecule has 4 aromatic carbocycles. The zero-order valence-electron chi connectivity index (χ0n) is 66.6. The van der Waals surface area contributed by atoms with E-state index in [2.05, 4.69) is 68.8 Å². The highest BCUT2D eigenvalue weighted by atomic mass is 33.1. The average Bonchev–Trinajstić information content (AvgIpc) is 1.07. The van der Waals surface area contributed by atoms with Crippen molar-refractivity contribution in [1.82, 2.24) is 68.8 Å². The van der Waals surface area contributed by atoms with Gasteiger partial charge in [-0.1, -0.05) is 94.4 Å². The van der Waals surface area contributed by atoms with Gasteiger partial charge in [0.05, 0.1) is 26.2 Å². The average molecular weight is 1680 g/mol. The quantitative estimate of drug-likeness (QED) is 0.0144. The summed E-state index contributed by atoms with van der Waals surface area (Å²) in [5.41, 5.74) is 27.5. The lowest BCUT2D eigenvalue weighted by Gasteiger charge is -2.39. The first kappa shape index (κ1) is 94.9. The molecule has 0 unspecified atom stereocenters. The molecule has 118 heavy (non-hydrogen) atoms. The number of unbranched alkanes of at least 4 members (excludes halogenated alkanes) is 1. The minimum Gasteiger partial charge on any atom is -0.497 e. The van der Waals surface area contributed by atoms with Crippen LogP contribution in [0.15, 0.2) is 97.2 Å². The topological polar surface area (TPSA) is 630 Å². The molecule has 6 rings (SSSR count). The molecule has 0 spiro atoms. The number of ether oxygens (including phenoxy) is 1. The number of primary amides is 4. The van der Waals surface area contributed by atoms with E-state index in [0.29, 0.717) is 38.7 Å². The number of nitrogens with two attached hydrogens (primary N) is 5. The number of hydrogen-bond donors (Lipinski definition) is 20. The van der Waals surface area contributed by atoms with Gasteiger partial charge in [-0.05, 0) is 132 Å². The van der Waals surface area contributed by atoms with Gasteiger partial charge in [-0.25, -0.2) is 0 Å². The van der Waals surface area contributed by atoms with Crippen LogP contribution in [-0.2, 0) is 101 Å². The first-order chi connectivity index (χ1) is 55.5. The lowest BCUT2D eigenvalue weighted by molar-refractivity contribution is -0.140. The molecule has 1 fully saturated rings. The van der Waals surface area contributed by atoms with Crippen molar-refractivity contribution in [3.63, 3.8) is 0 Å². The number of carboxylic acids is 1. The summed E-state index contributed by atoms with van der Waals surface area (Å²) in [7, 11) is 3.16. The SMILES string of the molecule is COc1ccc(C[C@H](NC(=O)[C@H]2NC(=O)[C@H](CCC(N)=O)NC(=O)[C@H](Cc3c[nH]c4ccccc34)NC(=O)[C@H]([C@@H](C)O)NC(=O)[C@H](CCC(N)=O)NC(=O)[C@@H](NC(C)=O)C(C)(C)SSC2(C)C)C(=O)N[C@@H](Cc2ccc3ccccc3c2)C(=O)N[C@@](C)(CCCCN)C(=O)N[C@@H](CCC(=O)O)C(=O)N[C@@H](CC(N)=O)C(=O)NCC(N)=O)cc1. The minimum atomic E-state index is -2.10. The van der Waals surface area contributed by atoms with E-state index in [-0.39, 0.29) is 38.6 Å². The van der Waals surface area contributed by atoms with Crippen LogP contribution in [0.5, 0.6) is 5.75 Å². The molecule has 16 amide bonds. The first-order valence-electron chi connectivity index (χ1n) is 37.9. The molecule has 1 aliphatic heterocycles. The lowest BCUT2D eigenvalue weighted by atomic mass is 9.91. The Morgan fingerprint density at radius 1 is 0.593 bits per heavy atom. The summed E-state index contributed by atoms with van der Waals surface area (Å²) in [6, 6.07) is 7.69. The molecule has 40 heteroatoms. The number of aromatic amines is 1. The highest BCUT2D eigenvalue weighted by Gasteiger charge is 2.47. The van der Waals surface area contributed by atoms with E-state index in [9.17, 15) is 63.0 Å². The Morgan fingerprint density at radius 3 is 1.75 bits per heavy atom. The van der Waals surface area contributed by atoms with Crippen LogP contribution in [-0.4, -0.2) is 217 Å². The Morgan fingerprint density at radius 2 is 1.15 bits per heavy atom. The van der Waals surface area contributed by atoms with Gasteiger partial charge in [0, 0.05) is 72.0 Å². The second-order valence-electron chi connectivity index (χ2n) is 29.9. The zero-order valence-corrected chi connectivity index (χ0v) is 68.3. The molecule has 1 aromatic heterocycles. The molecule has 0 bridgehead atoms. The highest BCUT2D eigenvalue weighted by molar-refractivity contribution is 8.77. The van der Waals surface area contributed by atoms with Crippen LogP contribution in [0, 0.1) is 0 Å². The number of para-hydroxylation sites is 1. The maximum atomic E-state index is 16.1. The van der Waals surface area contributed by atoms with Crippen LogP contribution in [0.25, 0.3) is 21.7 Å². The van der Waals surface area contributed by atoms with Gasteiger partial charge in [-0.2, -0.15) is 0 Å². The third kappa shape index (κ3) is 28.8. The summed E-state index contributed by atoms with van der Waals surface area (Å²) in [6.45, 7) is 8.86. The molecule has 2 heterocycles. The number of rotatable bonds is 37. The van der Waals surface area contributed by atoms with E-state index in [0.717, 1.165) is 40.8 Å². The van der Waals surface area contributed by atoms with E-state index in [1.807, 2.05) is 6.07 Å². The smallest absolute Gasteiger partial charge is 0.303 e. The molecule has 1 saturated heterocycles. The number of amides is 16. The van der Waals surface area contributed by atoms with Gasteiger partial charge >= 0.3 is 5.97 Å². The number of aromatic nitrogens is 1. The van der Waals surface area contributed by atoms with Gasteiger partial charge in [0.2, 0.25) is 94.5 Å². The van der Waals surface area contributed by atoms with Gasteiger partial charge in [0.25, 0.3) is 0 Å². The number of carboxylic acid groups (broad SMARTS) is 1. The van der Waals surface area contributed by atoms with Crippen molar-refractivity contribution in [3.05, 3.63) is 114 Å². The Hall–Kier alpha value is -11.9. The van der Waals surface area contributed by atoms with Crippen LogP contribution in [0.1, 0.15) is 129 Å². The molecule has 0 saturated carbocycles. The van der Waals surface area contributed by atoms with Crippen molar-refractivity contribution >= 4 is 144 Å². The van der Waals surface area contributed by atoms with Gasteiger partial charge in [-0.15, -0.1) is 0 Å². The Kier molecular flexibility index (Phi) is 35.3. The van der Waals surface area contributed by atoms with Crippen molar-refractivity contribution < 1.29 is 96.5 Å². The van der Waals surface area contributed by atoms with E-state index >= 15 is 28.8 Å². The fourth-order valence-corrected chi connectivity index (χ4v) is 15.6. The molecular weight excluding hydrogens is 1570 g/mol. The third-order valence-corrected chi connectivity index (χ3v) is 23.6. The number of methoxy groups -OCH3 is 1. The van der Waals surface area contributed by atoms with Crippen LogP contribution < -0.4 is 97.2 Å². The van der Waals surface area contributed by atoms with Crippen LogP contribution in [0.3, 0.4) is 0 Å². The van der Waals surface area contributed by atoms with Crippen molar-refractivity contribution in [2.75, 3.05) is 20.2 Å². The number of fused-ring (bicyclic) bond motifs is 2. The molecule has 38 nitrogen and oxygen atoms in total. The van der Waals surface area contributed by atoms with Crippen molar-refractivity contribution in [2.24, 2.45) is 28.7 Å². The number of nitrogens with one attached hydrogen (secondary N) is 13. The van der Waals surface area contributed by atoms with Crippen LogP contribution in [0.2, 0.25) is 0 Å². The maximum Gasteiger partial charge on any atom is 0.303 e. The van der Waals surface area contributed by atoms with E-state index < -0.39 is 240 Å². The normalized spacial score (nSPS) is 19.7. The van der Waals surface area contributed by atoms with Gasteiger partial charge in [0.1, 0.15) is 71.7 Å². The zero-order chi connectivity index (χ0) is 87.5. The second-order valence-corrected chi connectivity index (χ2v) is 33.4. The van der Waals surface area contributed by atoms with Crippen molar-refractivity contribution in [3.8, 4) is 5.75 Å². The molecule has 0 radical (unpaired) electrons. The van der Waals surface area contributed by atoms with E-state index in [4.69, 9.17) is 33.4 Å². The van der Waals surface area contributed by atoms with Crippen molar-refractivity contribution in [2.45, 2.75) is 213 Å². The number of H-pyrrole nitrogens is 1. The van der Waals surface area contributed by atoms with Crippen LogP contribution >= 0.6 is 21.6 Å². The predicted molar refractivity (Wildman–Crippen MR) is 436 cm³/mol. The number of hydrogen-bond acceptors (Lipinski definition) is 22. The Balaban J connectivity index is 1.51. The summed E-state index contributed by atoms with van der Waals surface area (Å²) >= 11 is 0. The molecule has 0 aliphatic carbocycles. The first-order valence-corrected chi connectivity index (χ1v) is 40.0. The summed E-state index contributed by atoms with van der Waals surface area (Å²) in [4.78, 5) is 242. The molecule has 1 aliphatic rings. The maximum absolute atomic E-state index is 16.1. The number of carbonyl (C=O) groups is 17. The standard InChI is InChI=1S/C78H106N18O20S2/c1-40(97)62-72(112)91-55(36-46-38-84-49-18-12-11-17-48(46)49)70(110)87-51(26-29-58(81)100)68(108)95-64(77(5,6)118-117-76(3,4)63(86-41(2)98)73(113)88-50(67(107)94-62)25-28-57(80)99)74(114)92-53(34-42-20-23-47(116-8)24-21-42)69(109)89-54(35-43-19-22-44-15-9-10-16-45(44)33-43)71(111)96-78(7,31-13-14-32-79)75(115)93-52(27-30-61(103)104)66(106)90-56(37-59(82)101)65(105)85-39-60(83)102/h9-12,15-24,33,38,40,50-56,62-64,84,97H,13-14,25-32,34-37,39,79H2,1-8H3,(H2,80,99)(H2,81,100)(H2,82,101)(H2,83,102)(H,85,105)(H,86,98)(H,87,110)(H,88,113)(H,89,109)(H,90,106)(H,91,112)(H,92,114)(H,93,115)(H,94,107)(H,95,108)(H,96,111)(H,103,104)/t40-,50+,51+,52+,53+,54+,55+,56+,62+,63-,64-,78+/m1/s1. The largest absolute Gasteiger partial charge is 0.497 e.